The molecule has 1 aromatic carbocycles. The minimum Gasteiger partial charge on any atom is -0.478 e. The van der Waals surface area contributed by atoms with E-state index in [1.54, 1.807) is 13.8 Å². The van der Waals surface area contributed by atoms with Gasteiger partial charge < -0.3 is 51.0 Å². The van der Waals surface area contributed by atoms with E-state index in [1.165, 1.54) is 119 Å². The van der Waals surface area contributed by atoms with E-state index in [2.05, 4.69) is 74.5 Å². The maximum Gasteiger partial charge on any atom is 0.472 e. The van der Waals surface area contributed by atoms with Gasteiger partial charge in [-0.25, -0.2) is 33.1 Å². The number of nitrogens with one attached hydrogen (secondary N) is 15. The van der Waals surface area contributed by atoms with Crippen LogP contribution in [0, 0.1) is 23.2 Å². The fourth-order valence-electron chi connectivity index (χ4n) is 16.6. The maximum absolute atomic E-state index is 20.6. The van der Waals surface area contributed by atoms with Gasteiger partial charge in [-0.05, 0) is 130 Å². The number of ether oxygens (including phenoxy) is 2. The number of carbonyl (C=O) groups is 12. The average molecular weight is 2020 g/mol. The van der Waals surface area contributed by atoms with E-state index in [1.807, 2.05) is 0 Å². The first-order chi connectivity index (χ1) is 65.4. The zero-order valence-corrected chi connectivity index (χ0v) is 85.0. The summed E-state index contributed by atoms with van der Waals surface area (Å²) in [5.74, 6) is -40.8. The largest absolute Gasteiger partial charge is 0.478 e. The number of amides is 4. The highest BCUT2D eigenvalue weighted by Crippen LogP contribution is 2.60. The number of aliphatic carboxylic acids is 1. The molecule has 47 heteroatoms. The van der Waals surface area contributed by atoms with E-state index in [-0.39, 0.29) is 73.0 Å². The first kappa shape index (κ1) is 125. The highest BCUT2D eigenvalue weighted by atomic mass is 32.2. The fourth-order valence-corrected chi connectivity index (χ4v) is 18.8. The number of rotatable bonds is 66. The Labute approximate surface area is 817 Å². The van der Waals surface area contributed by atoms with Crippen LogP contribution < -0.4 is 80.0 Å². The fraction of sp³-hybridized carbons (Fsp3) is 0.677. The number of nitrogens with zero attached hydrogens (tertiary/aromatic N) is 4. The number of hydrazine groups is 3. The highest BCUT2D eigenvalue weighted by Gasteiger charge is 2.90. The minimum absolute atomic E-state index is 0.0187. The molecule has 1 aliphatic carbocycles. The molecule has 1 saturated carbocycles. The number of aliphatic hydroxyl groups is 4. The van der Waals surface area contributed by atoms with Gasteiger partial charge in [-0.2, -0.15) is 26.3 Å². The summed E-state index contributed by atoms with van der Waals surface area (Å²) in [7, 11) is -6.18. The lowest BCUT2D eigenvalue weighted by atomic mass is 9.64. The van der Waals surface area contributed by atoms with Crippen LogP contribution >= 0.6 is 0 Å². The third kappa shape index (κ3) is 29.9. The van der Waals surface area contributed by atoms with E-state index in [0.29, 0.717) is 78.3 Å². The molecule has 0 bridgehead atoms. The number of benzene rings is 1. The molecule has 0 radical (unpaired) electrons. The second kappa shape index (κ2) is 55.8. The van der Waals surface area contributed by atoms with Crippen molar-refractivity contribution in [2.45, 2.75) is 296 Å². The summed E-state index contributed by atoms with van der Waals surface area (Å²) in [5.41, 5.74) is -15.3. The number of ketones is 5. The summed E-state index contributed by atoms with van der Waals surface area (Å²) in [4.78, 5) is 182. The molecule has 794 valence electrons. The van der Waals surface area contributed by atoms with Gasteiger partial charge >= 0.3 is 42.1 Å². The average Bonchev–Trinajstić information content (AvgIpc) is 1.40. The van der Waals surface area contributed by atoms with Crippen LogP contribution in [0.5, 0.6) is 0 Å². The van der Waals surface area contributed by atoms with Gasteiger partial charge in [0.2, 0.25) is 17.6 Å². The number of sulfonamides is 1. The number of Topliss-reactive ketones (excluding diaryl/α,β-unsaturated/α-hetero) is 2. The van der Waals surface area contributed by atoms with Crippen molar-refractivity contribution in [3.8, 4) is 0 Å². The number of carboxylic acid groups (broad SMARTS) is 1. The first-order valence-corrected chi connectivity index (χ1v) is 49.0. The van der Waals surface area contributed by atoms with Gasteiger partial charge in [0.05, 0.1) is 36.9 Å². The van der Waals surface area contributed by atoms with Crippen LogP contribution in [0.3, 0.4) is 0 Å². The smallest absolute Gasteiger partial charge is 0.472 e. The second-order valence-electron chi connectivity index (χ2n) is 35.4. The molecule has 11 unspecified atom stereocenters. The van der Waals surface area contributed by atoms with E-state index < -0.39 is 294 Å². The van der Waals surface area contributed by atoms with E-state index in [4.69, 9.17) is 9.47 Å². The van der Waals surface area contributed by atoms with Gasteiger partial charge in [-0.15, -0.1) is 14.5 Å². The molecule has 1 aromatic rings. The first-order valence-electron chi connectivity index (χ1n) is 47.6. The summed E-state index contributed by atoms with van der Waals surface area (Å²) < 4.78 is 154. The number of esters is 2. The third-order valence-electron chi connectivity index (χ3n) is 23.5. The number of aliphatic hydroxyl groups excluding tert-OH is 2. The number of hydrogen-bond donors (Lipinski definition) is 20. The topological polar surface area (TPSA) is 552 Å². The Hall–Kier alpha value is -8.93. The molecule has 1 heterocycles. The molecule has 4 amide bonds. The van der Waals surface area contributed by atoms with Gasteiger partial charge in [0.25, 0.3) is 20.9 Å². The number of alkyl halides is 6. The van der Waals surface area contributed by atoms with Crippen molar-refractivity contribution in [1.29, 1.82) is 0 Å². The van der Waals surface area contributed by atoms with E-state index >= 15 is 88.1 Å². The number of methoxy groups -OCH3 is 1. The zero-order chi connectivity index (χ0) is 106. The summed E-state index contributed by atoms with van der Waals surface area (Å²) >= 11 is 0. The van der Waals surface area contributed by atoms with Crippen molar-refractivity contribution in [1.82, 2.24) is 99.4 Å². The van der Waals surface area contributed by atoms with Gasteiger partial charge in [0.1, 0.15) is 11.6 Å². The molecular formula is C93H153F6N19O21S. The molecule has 2 aliphatic rings. The lowest BCUT2D eigenvalue weighted by Crippen LogP contribution is -3.00. The zero-order valence-electron chi connectivity index (χ0n) is 84.2. The summed E-state index contributed by atoms with van der Waals surface area (Å²) in [6.07, 6.45) is -15.5. The van der Waals surface area contributed by atoms with Crippen molar-refractivity contribution in [2.24, 2.45) is 23.2 Å². The molecule has 20 N–H and O–H groups in total. The van der Waals surface area contributed by atoms with Crippen molar-refractivity contribution < 1.29 is 127 Å². The van der Waals surface area contributed by atoms with Crippen molar-refractivity contribution >= 4 is 80.5 Å². The standard InChI is InChI=1S/C93H153F6N19O21S/c1-21-30-56-109-118(117-90(101-27-7,104-55-22-2)87(100-19,105-59-63(10)11)88(106-61-68(18)121,107-62-73(124)25-5)91(117,113-80(132)85(94,95)96)110-70-39-35-32-36-40-70)93(92(134,135)108-60-64(12)13,140(136,137)115(28-8)114-81(133)86(97,98)99)116(84(54-42-71(122)23-3,112-79(131)65(14)15)89(111-75(126)26-6,102-57-47-67(17)120)103-58-48-72(123)24-4)83(52-45-77(129)138-20,53-46-78(130)139-29-9)82(49-41-66(16)119,51-44-76(127)128)50-43-74(125)69-37-33-31-34-38-69/h31,33-34,37-38,41-46,49-54,63-65,68,70,73,100-110,121,124,134-135H,21-30,32,35-36,39-40,47-48,55-62H2,1-20H3,(H,111,126)(H,112,131)(H,113,132)(H,114,133)(H,127,128). The monoisotopic (exact) mass is 2020 g/mol. The number of likely N-dealkylation sites (N-methyl/N-ethyl adjacent to an activating group) is 2. The van der Waals surface area contributed by atoms with Gasteiger partial charge in [-0.1, -0.05) is 176 Å². The Kier molecular flexibility index (Phi) is 49.9. The number of halogens is 6. The Balaban J connectivity index is 4.56. The van der Waals surface area contributed by atoms with Crippen LogP contribution in [0.4, 0.5) is 26.3 Å². The lowest BCUT2D eigenvalue weighted by Gasteiger charge is -2.70. The predicted octanol–water partition coefficient (Wildman–Crippen LogP) is 4.12. The molecule has 40 nitrogen and oxygen atoms in total. The maximum atomic E-state index is 20.6. The Bertz CT molecular complexity index is 4560. The quantitative estimate of drug-likeness (QED) is 0.00829. The van der Waals surface area contributed by atoms with Gasteiger partial charge in [0, 0.05) is 114 Å². The molecular weight excluding hydrogens is 1870 g/mol. The summed E-state index contributed by atoms with van der Waals surface area (Å²) in [6.45, 7) is 12.2. The van der Waals surface area contributed by atoms with E-state index in [0.717, 1.165) is 41.7 Å². The van der Waals surface area contributed by atoms with Crippen molar-refractivity contribution in [2.75, 3.05) is 86.2 Å². The third-order valence-corrected chi connectivity index (χ3v) is 25.8. The molecule has 140 heavy (non-hydrogen) atoms. The van der Waals surface area contributed by atoms with E-state index in [9.17, 15) is 29.7 Å². The lowest BCUT2D eigenvalue weighted by molar-refractivity contribution is -0.380. The van der Waals surface area contributed by atoms with Crippen molar-refractivity contribution in [3.05, 3.63) is 109 Å². The molecule has 1 aliphatic heterocycles. The molecule has 2 fully saturated rings. The van der Waals surface area contributed by atoms with Crippen LogP contribution in [0.1, 0.15) is 225 Å². The van der Waals surface area contributed by atoms with Crippen LogP contribution in [0.2, 0.25) is 0 Å². The molecule has 1 saturated heterocycles. The second-order valence-corrected chi connectivity index (χ2v) is 37.4. The molecule has 3 rings (SSSR count). The van der Waals surface area contributed by atoms with Crippen molar-refractivity contribution in [3.63, 3.8) is 0 Å². The molecule has 0 spiro atoms. The predicted molar refractivity (Wildman–Crippen MR) is 511 cm³/mol. The minimum atomic E-state index is -8.08. The summed E-state index contributed by atoms with van der Waals surface area (Å²) in [6, 6.07) is 5.09. The molecule has 11 atom stereocenters. The number of allylic oxidation sites excluding steroid dienone is 3. The Morgan fingerprint density at radius 3 is 1.69 bits per heavy atom. The molecule has 0 aromatic heterocycles. The highest BCUT2D eigenvalue weighted by molar-refractivity contribution is 7.90. The van der Waals surface area contributed by atoms with Crippen LogP contribution in [-0.2, 0) is 72.2 Å². The van der Waals surface area contributed by atoms with Gasteiger partial charge in [0.15, 0.2) is 45.9 Å². The Morgan fingerprint density at radius 1 is 0.614 bits per heavy atom. The number of unbranched alkanes of at least 4 members (excludes halogenated alkanes) is 1. The van der Waals surface area contributed by atoms with Crippen LogP contribution in [0.25, 0.3) is 0 Å². The van der Waals surface area contributed by atoms with Crippen LogP contribution in [-0.4, -0.2) is 291 Å². The normalized spacial score (nSPS) is 21.0. The number of carboxylic acids is 1. The number of carbonyl (C=O) groups excluding carboxylic acids is 11. The Morgan fingerprint density at radius 2 is 1.19 bits per heavy atom. The number of hydrogen-bond acceptors (Lipinski definition) is 34. The van der Waals surface area contributed by atoms with Crippen LogP contribution in [0.15, 0.2) is 103 Å². The SMILES string of the molecule is CCCCNN(N1C(NCC)(NCCC)C(NC)(NCC(C)C)C(NCC(C)O)(NCC(O)CC)C1(NC(=O)C(F)(F)F)NC1CCCCC1)C(N(C(C=CC(=O)OC)(C=CC(=O)OCC)C(C=CC(C)=O)(C=CC(=O)O)C=CC(=O)c1ccccc1)C(C=CC(=O)CC)(NC(=O)C(C)C)C(NCCC(C)=O)(NCCC(=O)CC)NC(=O)CC)(C(O)(O)NCC(C)C)S(=O)(=O)N(CC)NC(=O)C(F)(F)F. The van der Waals surface area contributed by atoms with Gasteiger partial charge in [-0.3, -0.25) is 102 Å². The summed E-state index contributed by atoms with van der Waals surface area (Å²) in [5, 5.41) is 110.